The zero-order valence-electron chi connectivity index (χ0n) is 18.2. The molecule has 0 aromatic carbocycles. The van der Waals surface area contributed by atoms with Gasteiger partial charge in [0.05, 0.1) is 6.04 Å². The van der Waals surface area contributed by atoms with Crippen LogP contribution in [0, 0.1) is 5.92 Å². The minimum atomic E-state index is -0.648. The average molecular weight is 395 g/mol. The van der Waals surface area contributed by atoms with Gasteiger partial charge < -0.3 is 14.4 Å². The largest absolute Gasteiger partial charge is 0.459 e. The Balaban J connectivity index is 2.24. The van der Waals surface area contributed by atoms with Gasteiger partial charge >= 0.3 is 12.1 Å². The van der Waals surface area contributed by atoms with Crippen LogP contribution in [0.2, 0.25) is 0 Å². The van der Waals surface area contributed by atoms with E-state index in [9.17, 15) is 14.4 Å². The number of ether oxygens (including phenoxy) is 2. The van der Waals surface area contributed by atoms with Crippen LogP contribution < -0.4 is 0 Å². The lowest BCUT2D eigenvalue weighted by Gasteiger charge is -2.34. The molecule has 158 valence electrons. The van der Waals surface area contributed by atoms with Gasteiger partial charge in [-0.2, -0.15) is 0 Å². The summed E-state index contributed by atoms with van der Waals surface area (Å²) < 4.78 is 10.9. The highest BCUT2D eigenvalue weighted by atomic mass is 16.6. The highest BCUT2D eigenvalue weighted by Gasteiger charge is 2.46. The third-order valence-corrected chi connectivity index (χ3v) is 4.73. The Morgan fingerprint density at radius 2 is 1.68 bits per heavy atom. The molecule has 2 aliphatic heterocycles. The number of hydrogen-bond donors (Lipinski definition) is 0. The van der Waals surface area contributed by atoms with Crippen LogP contribution in [0.5, 0.6) is 0 Å². The predicted molar refractivity (Wildman–Crippen MR) is 106 cm³/mol. The molecule has 3 atom stereocenters. The molecule has 0 saturated carbocycles. The monoisotopic (exact) mass is 394 g/mol. The van der Waals surface area contributed by atoms with Crippen LogP contribution >= 0.6 is 0 Å². The Bertz CT molecular complexity index is 640. The van der Waals surface area contributed by atoms with Gasteiger partial charge in [0.2, 0.25) is 5.91 Å². The highest BCUT2D eigenvalue weighted by molar-refractivity contribution is 5.90. The van der Waals surface area contributed by atoms with Crippen molar-refractivity contribution in [2.45, 2.75) is 84.6 Å². The van der Waals surface area contributed by atoms with E-state index in [1.165, 1.54) is 9.80 Å². The summed E-state index contributed by atoms with van der Waals surface area (Å²) in [4.78, 5) is 41.5. The van der Waals surface area contributed by atoms with Crippen molar-refractivity contribution in [1.29, 1.82) is 0 Å². The fourth-order valence-corrected chi connectivity index (χ4v) is 3.63. The molecular weight excluding hydrogens is 360 g/mol. The summed E-state index contributed by atoms with van der Waals surface area (Å²) in [5.74, 6) is -0.748. The number of esters is 1. The minimum absolute atomic E-state index is 0.0716. The van der Waals surface area contributed by atoms with Crippen molar-refractivity contribution in [3.05, 3.63) is 12.2 Å². The van der Waals surface area contributed by atoms with Crippen LogP contribution in [-0.2, 0) is 19.1 Å². The first-order chi connectivity index (χ1) is 12.8. The molecule has 0 aromatic rings. The quantitative estimate of drug-likeness (QED) is 0.543. The Morgan fingerprint density at radius 3 is 2.21 bits per heavy atom. The van der Waals surface area contributed by atoms with Crippen molar-refractivity contribution in [1.82, 2.24) is 9.80 Å². The number of likely N-dealkylation sites (tertiary alicyclic amines) is 1. The molecule has 0 radical (unpaired) electrons. The van der Waals surface area contributed by atoms with Gasteiger partial charge in [-0.25, -0.2) is 4.79 Å². The van der Waals surface area contributed by atoms with Gasteiger partial charge in [0.15, 0.2) is 0 Å². The molecule has 0 bridgehead atoms. The first kappa shape index (κ1) is 22.2. The van der Waals surface area contributed by atoms with Crippen molar-refractivity contribution < 1.29 is 23.9 Å². The van der Waals surface area contributed by atoms with Crippen LogP contribution in [-0.4, -0.2) is 64.1 Å². The molecule has 2 amide bonds. The van der Waals surface area contributed by atoms with E-state index in [1.54, 1.807) is 41.5 Å². The second-order valence-electron chi connectivity index (χ2n) is 9.48. The van der Waals surface area contributed by atoms with Crippen LogP contribution in [0.15, 0.2) is 12.2 Å². The molecule has 0 spiro atoms. The highest BCUT2D eigenvalue weighted by Crippen LogP contribution is 2.32. The summed E-state index contributed by atoms with van der Waals surface area (Å²) in [6.07, 6.45) is 4.87. The molecule has 28 heavy (non-hydrogen) atoms. The van der Waals surface area contributed by atoms with E-state index in [0.29, 0.717) is 19.4 Å². The maximum Gasteiger partial charge on any atom is 0.410 e. The number of hydrogen-bond acceptors (Lipinski definition) is 5. The van der Waals surface area contributed by atoms with Crippen LogP contribution in [0.3, 0.4) is 0 Å². The Morgan fingerprint density at radius 1 is 1.07 bits per heavy atom. The minimum Gasteiger partial charge on any atom is -0.459 e. The van der Waals surface area contributed by atoms with Gasteiger partial charge in [-0.3, -0.25) is 14.5 Å². The van der Waals surface area contributed by atoms with Crippen molar-refractivity contribution in [3.8, 4) is 0 Å². The second kappa shape index (κ2) is 8.13. The third-order valence-electron chi connectivity index (χ3n) is 4.73. The van der Waals surface area contributed by atoms with Crippen LogP contribution in [0.4, 0.5) is 4.79 Å². The molecule has 0 unspecified atom stereocenters. The van der Waals surface area contributed by atoms with Crippen LogP contribution in [0.25, 0.3) is 0 Å². The number of fused-ring (bicyclic) bond motifs is 1. The van der Waals surface area contributed by atoms with E-state index in [-0.39, 0.29) is 24.4 Å². The summed E-state index contributed by atoms with van der Waals surface area (Å²) in [7, 11) is 0. The van der Waals surface area contributed by atoms with E-state index in [0.717, 1.165) is 0 Å². The number of nitrogens with zero attached hydrogens (tertiary/aromatic N) is 2. The lowest BCUT2D eigenvalue weighted by atomic mass is 10.00. The third kappa shape index (κ3) is 5.49. The zero-order valence-corrected chi connectivity index (χ0v) is 18.2. The Kier molecular flexibility index (Phi) is 6.46. The standard InChI is InChI=1S/C21H34N2O5/c1-8-15-10-9-14-11-12-22(19(26)28-21(5,6)7)17(14)18(25)23(15)13-16(24)27-20(2,3)4/h9-10,14-15,17H,8,11-13H2,1-7H3/t14-,15+,17-/m0/s1. The molecule has 1 fully saturated rings. The van der Waals surface area contributed by atoms with Crippen molar-refractivity contribution in [2.24, 2.45) is 5.92 Å². The summed E-state index contributed by atoms with van der Waals surface area (Å²) in [6.45, 7) is 13.1. The van der Waals surface area contributed by atoms with E-state index in [4.69, 9.17) is 9.47 Å². The number of carbonyl (C=O) groups is 3. The van der Waals surface area contributed by atoms with Gasteiger partial charge in [-0.15, -0.1) is 0 Å². The van der Waals surface area contributed by atoms with Gasteiger partial charge in [0.1, 0.15) is 23.8 Å². The molecule has 0 aliphatic carbocycles. The fraction of sp³-hybridized carbons (Fsp3) is 0.762. The zero-order chi connectivity index (χ0) is 21.3. The number of carbonyl (C=O) groups excluding carboxylic acids is 3. The molecule has 2 heterocycles. The van der Waals surface area contributed by atoms with E-state index in [1.807, 2.05) is 19.1 Å². The molecule has 1 saturated heterocycles. The molecular formula is C21H34N2O5. The van der Waals surface area contributed by atoms with Gasteiger partial charge in [0, 0.05) is 12.5 Å². The van der Waals surface area contributed by atoms with E-state index in [2.05, 4.69) is 0 Å². The normalized spacial score (nSPS) is 25.4. The smallest absolute Gasteiger partial charge is 0.410 e. The maximum absolute atomic E-state index is 13.4. The van der Waals surface area contributed by atoms with E-state index >= 15 is 0 Å². The average Bonchev–Trinajstić information content (AvgIpc) is 2.89. The second-order valence-corrected chi connectivity index (χ2v) is 9.48. The van der Waals surface area contributed by atoms with Crippen LogP contribution in [0.1, 0.15) is 61.3 Å². The van der Waals surface area contributed by atoms with E-state index < -0.39 is 29.3 Å². The van der Waals surface area contributed by atoms with Gasteiger partial charge in [-0.05, 0) is 54.4 Å². The van der Waals surface area contributed by atoms with Crippen molar-refractivity contribution in [3.63, 3.8) is 0 Å². The molecule has 2 aliphatic rings. The lowest BCUT2D eigenvalue weighted by Crippen LogP contribution is -2.53. The number of amides is 2. The molecule has 7 nitrogen and oxygen atoms in total. The summed E-state index contributed by atoms with van der Waals surface area (Å²) in [5.41, 5.74) is -1.26. The van der Waals surface area contributed by atoms with Gasteiger partial charge in [0.25, 0.3) is 0 Å². The van der Waals surface area contributed by atoms with Crippen molar-refractivity contribution in [2.75, 3.05) is 13.1 Å². The summed E-state index contributed by atoms with van der Waals surface area (Å²) >= 11 is 0. The topological polar surface area (TPSA) is 76.2 Å². The number of rotatable bonds is 3. The molecule has 0 aromatic heterocycles. The first-order valence-corrected chi connectivity index (χ1v) is 10.0. The van der Waals surface area contributed by atoms with Gasteiger partial charge in [-0.1, -0.05) is 19.1 Å². The summed E-state index contributed by atoms with van der Waals surface area (Å²) in [6, 6.07) is -0.851. The lowest BCUT2D eigenvalue weighted by molar-refractivity contribution is -0.160. The Hall–Kier alpha value is -2.05. The van der Waals surface area contributed by atoms with Crippen molar-refractivity contribution >= 4 is 18.0 Å². The molecule has 2 rings (SSSR count). The molecule has 7 heteroatoms. The fourth-order valence-electron chi connectivity index (χ4n) is 3.63. The SMILES string of the molecule is CC[C@@H]1C=C[C@H]2CCN(C(=O)OC(C)(C)C)[C@@H]2C(=O)N1CC(=O)OC(C)(C)C. The first-order valence-electron chi connectivity index (χ1n) is 10.0. The molecule has 0 N–H and O–H groups in total. The Labute approximate surface area is 168 Å². The predicted octanol–water partition coefficient (Wildman–Crippen LogP) is 3.13. The summed E-state index contributed by atoms with van der Waals surface area (Å²) in [5, 5.41) is 0. The maximum atomic E-state index is 13.4.